The normalized spacial score (nSPS) is 18.0. The van der Waals surface area contributed by atoms with Crippen molar-refractivity contribution in [3.8, 4) is 18.2 Å². The molecule has 8 aliphatic rings. The highest BCUT2D eigenvalue weighted by Gasteiger charge is 2.38. The van der Waals surface area contributed by atoms with Crippen LogP contribution in [0.25, 0.3) is 0 Å². The van der Waals surface area contributed by atoms with Crippen molar-refractivity contribution < 1.29 is 70.3 Å². The van der Waals surface area contributed by atoms with Crippen molar-refractivity contribution in [2.45, 2.75) is 208 Å². The van der Waals surface area contributed by atoms with E-state index in [0.29, 0.717) is 89.0 Å². The van der Waals surface area contributed by atoms with Gasteiger partial charge in [0.25, 0.3) is 0 Å². The van der Waals surface area contributed by atoms with E-state index in [1.54, 1.807) is 54.6 Å². The van der Waals surface area contributed by atoms with Crippen LogP contribution in [-0.2, 0) is 68.2 Å². The third kappa shape index (κ3) is 26.7. The van der Waals surface area contributed by atoms with Crippen LogP contribution in [0.15, 0.2) is 169 Å². The number of nitriles is 3. The summed E-state index contributed by atoms with van der Waals surface area (Å²) < 4.78 is 146. The van der Waals surface area contributed by atoms with Gasteiger partial charge in [-0.3, -0.25) is 4.79 Å². The van der Waals surface area contributed by atoms with Gasteiger partial charge in [0.2, 0.25) is 5.95 Å². The molecule has 0 amide bonds. The molecular formula is C86H90Cl7FN8O15S6. The number of anilines is 2. The van der Waals surface area contributed by atoms with Crippen LogP contribution in [0.4, 0.5) is 16.2 Å². The van der Waals surface area contributed by atoms with Gasteiger partial charge >= 0.3 is 6.15 Å². The molecule has 0 bridgehead atoms. The summed E-state index contributed by atoms with van der Waals surface area (Å²) in [5.41, 5.74) is 9.84. The number of carbonyl (C=O) groups is 1. The Morgan fingerprint density at radius 2 is 0.894 bits per heavy atom. The summed E-state index contributed by atoms with van der Waals surface area (Å²) in [4.78, 5) is 40.1. The monoisotopic (exact) mass is 1930 g/mol. The number of carbonyl (C=O) groups excluding carboxylic acids is 3. The number of rotatable bonds is 16. The predicted molar refractivity (Wildman–Crippen MR) is 475 cm³/mol. The number of aromatic nitrogens is 2. The minimum Gasteiger partial charge on any atom is -0.379 e. The van der Waals surface area contributed by atoms with Gasteiger partial charge < -0.3 is 25.4 Å². The van der Waals surface area contributed by atoms with Crippen LogP contribution in [-0.4, -0.2) is 136 Å². The zero-order chi connectivity index (χ0) is 89.4. The minimum absolute atomic E-state index is 0.0282. The van der Waals surface area contributed by atoms with E-state index in [9.17, 15) is 51.3 Å². The van der Waals surface area contributed by atoms with E-state index < -0.39 is 55.0 Å². The molecule has 2 atom stereocenters. The van der Waals surface area contributed by atoms with Gasteiger partial charge in [0.15, 0.2) is 55.5 Å². The SMILES string of the molecule is Cc1cc(N2CCCOCC2c2ccc(S(=O)(=O)C3CCC3)cc2Cl)nc(N)n1.N#Cc1ccc(F)cc1Cl.N#Cc1ccc(S(=O)(=O)C2CCC2)cc1Cl.N#Cc1ccc(SC2CCC2)cc1Cl.O=C=O.O=Cc1ccc(S(=O)(=O)C2CCC2)cc1Cl.O=S(=O)(c1ccc(C2COCCCN2)c(Cl)c1)C1CCC1.O=S(=O)(c1cccc(Cl)c1)C1CCC1. The molecule has 656 valence electrons. The predicted octanol–water partition coefficient (Wildman–Crippen LogP) is 19.3. The van der Waals surface area contributed by atoms with E-state index in [-0.39, 0.29) is 75.3 Å². The lowest BCUT2D eigenvalue weighted by Crippen LogP contribution is -2.32. The van der Waals surface area contributed by atoms with Crippen molar-refractivity contribution >= 4 is 166 Å². The Kier molecular flexibility index (Phi) is 37.5. The van der Waals surface area contributed by atoms with Gasteiger partial charge in [0.1, 0.15) is 29.8 Å². The number of halogens is 8. The lowest BCUT2D eigenvalue weighted by Gasteiger charge is -2.32. The molecule has 0 radical (unpaired) electrons. The first-order valence-electron chi connectivity index (χ1n) is 39.6. The number of aldehydes is 1. The van der Waals surface area contributed by atoms with E-state index >= 15 is 0 Å². The Balaban J connectivity index is 0.000000166. The van der Waals surface area contributed by atoms with Gasteiger partial charge in [-0.15, -0.1) is 11.8 Å². The number of ether oxygens (including phenoxy) is 2. The lowest BCUT2D eigenvalue weighted by molar-refractivity contribution is -0.191. The molecular weight excluding hydrogens is 1840 g/mol. The zero-order valence-electron chi connectivity index (χ0n) is 66.7. The summed E-state index contributed by atoms with van der Waals surface area (Å²) in [6.07, 6.45) is 19.0. The number of hydrogen-bond acceptors (Lipinski definition) is 24. The van der Waals surface area contributed by atoms with E-state index in [1.165, 1.54) is 78.8 Å². The second kappa shape index (κ2) is 46.4. The molecule has 2 saturated heterocycles. The van der Waals surface area contributed by atoms with Crippen molar-refractivity contribution in [3.63, 3.8) is 0 Å². The zero-order valence-corrected chi connectivity index (χ0v) is 76.9. The number of nitrogens with zero attached hydrogens (tertiary/aromatic N) is 6. The van der Waals surface area contributed by atoms with Crippen molar-refractivity contribution in [3.05, 3.63) is 220 Å². The molecule has 16 rings (SSSR count). The van der Waals surface area contributed by atoms with E-state index in [1.807, 2.05) is 55.1 Å². The molecule has 0 spiro atoms. The smallest absolute Gasteiger partial charge is 0.373 e. The van der Waals surface area contributed by atoms with Crippen LogP contribution >= 0.6 is 93.0 Å². The fourth-order valence-corrected chi connectivity index (χ4v) is 26.1. The molecule has 3 N–H and O–H groups in total. The van der Waals surface area contributed by atoms with Crippen LogP contribution in [0.5, 0.6) is 0 Å². The molecule has 7 aromatic carbocycles. The number of sulfone groups is 5. The van der Waals surface area contributed by atoms with Gasteiger partial charge in [-0.25, -0.2) is 51.5 Å². The summed E-state index contributed by atoms with van der Waals surface area (Å²) >= 11 is 43.6. The standard InChI is InChI=1S/C20H25ClN4O3S.C15H20ClNO3S.C11H10ClNO2S.C11H10ClNS.C11H11ClO3S.C10H11ClO2S.C7H3ClFN.CO2/c1-13-10-19(24-20(22)23-13)25-8-3-9-28-12-18(25)16-7-6-15(11-17(16)21)29(26,27)14-4-2-5-14;16-14-9-12(21(18,19)11-3-1-4-11)5-6-13(14)15-10-20-8-2-7-17-15;12-11-6-10(5-4-8(11)7-13)16(14,15)9-2-1-3-9;12-11-6-10(5-4-8(11)7-13)14-9-2-1-3-9;12-11-6-10(5-4-8(11)7-13)16(14,15)9-2-1-3-9;11-8-3-1-6-10(7-8)14(12,13)9-4-2-5-9;8-7-3-6(9)2-1-5(7)4-10;2-1-3/h6-7,10-11,14,18H,2-5,8-9,12H2,1H3,(H2,22,23,24);5-6,9,11,15,17H,1-4,7-8,10H2;4-6,9H,1-3H2;4-6,9H,1-3H2;4-7,9H,1-3H2;1,3,6-7,9H,2,4-5H2;1-3H;. The third-order valence-corrected chi connectivity index (χ3v) is 36.6. The minimum atomic E-state index is -3.32. The van der Waals surface area contributed by atoms with Gasteiger partial charge in [0, 0.05) is 62.3 Å². The Morgan fingerprint density at radius 1 is 0.480 bits per heavy atom. The highest BCUT2D eigenvalue weighted by Crippen LogP contribution is 2.42. The average Bonchev–Trinajstić information content (AvgIpc) is 1.27. The highest BCUT2D eigenvalue weighted by molar-refractivity contribution is 8.00. The Morgan fingerprint density at radius 3 is 1.31 bits per heavy atom. The van der Waals surface area contributed by atoms with Crippen molar-refractivity contribution in [1.29, 1.82) is 15.8 Å². The number of nitrogen functional groups attached to an aromatic ring is 1. The largest absolute Gasteiger partial charge is 0.379 e. The number of nitrogens with one attached hydrogen (secondary N) is 1. The third-order valence-electron chi connectivity index (χ3n) is 21.8. The molecule has 2 aliphatic heterocycles. The summed E-state index contributed by atoms with van der Waals surface area (Å²) in [5.74, 6) is 0.508. The van der Waals surface area contributed by atoms with Crippen molar-refractivity contribution in [1.82, 2.24) is 15.3 Å². The molecule has 23 nitrogen and oxygen atoms in total. The van der Waals surface area contributed by atoms with E-state index in [2.05, 4.69) is 26.3 Å². The molecule has 6 aliphatic carbocycles. The molecule has 2 unspecified atom stereocenters. The van der Waals surface area contributed by atoms with E-state index in [4.69, 9.17) is 122 Å². The first-order valence-corrected chi connectivity index (χ1v) is 50.8. The Bertz CT molecular complexity index is 5810. The summed E-state index contributed by atoms with van der Waals surface area (Å²) in [7, 11) is -16.1. The van der Waals surface area contributed by atoms with Crippen molar-refractivity contribution in [2.24, 2.45) is 0 Å². The van der Waals surface area contributed by atoms with Crippen LogP contribution < -0.4 is 16.0 Å². The van der Waals surface area contributed by atoms with Crippen LogP contribution in [0.2, 0.25) is 35.2 Å². The highest BCUT2D eigenvalue weighted by atomic mass is 35.5. The number of hydrogen-bond donors (Lipinski definition) is 2. The van der Waals surface area contributed by atoms with E-state index in [0.717, 1.165) is 157 Å². The second-order valence-corrected chi connectivity index (χ2v) is 45.3. The molecule has 1 aromatic heterocycles. The summed E-state index contributed by atoms with van der Waals surface area (Å²) in [6, 6.07) is 42.0. The number of nitrogens with two attached hydrogens (primary N) is 1. The molecule has 6 saturated carbocycles. The van der Waals surface area contributed by atoms with Gasteiger partial charge in [-0.1, -0.05) is 138 Å². The molecule has 37 heteroatoms. The first-order chi connectivity index (χ1) is 58.6. The Labute approximate surface area is 757 Å². The number of benzene rings is 7. The Hall–Kier alpha value is -7.32. The quantitative estimate of drug-likeness (QED) is 0.0848. The topological polar surface area (TPSA) is 379 Å². The number of aryl methyl sites for hydroxylation is 1. The summed E-state index contributed by atoms with van der Waals surface area (Å²) in [5, 5.41) is 31.2. The molecule has 8 fully saturated rings. The van der Waals surface area contributed by atoms with Crippen LogP contribution in [0.3, 0.4) is 0 Å². The van der Waals surface area contributed by atoms with Crippen molar-refractivity contribution in [2.75, 3.05) is 50.2 Å². The summed E-state index contributed by atoms with van der Waals surface area (Å²) in [6.45, 7) is 5.85. The lowest BCUT2D eigenvalue weighted by atomic mass is 10.00. The maximum atomic E-state index is 12.7. The van der Waals surface area contributed by atoms with Gasteiger partial charge in [0.05, 0.1) is 113 Å². The van der Waals surface area contributed by atoms with Gasteiger partial charge in [-0.2, -0.15) is 30.4 Å². The molecule has 3 heterocycles. The van der Waals surface area contributed by atoms with Crippen LogP contribution in [0.1, 0.15) is 184 Å². The fourth-order valence-electron chi connectivity index (χ4n) is 13.3. The molecule has 8 aromatic rings. The fraction of sp³-hybridized carbons (Fsp3) is 0.407. The average molecular weight is 1940 g/mol. The maximum Gasteiger partial charge on any atom is 0.373 e. The van der Waals surface area contributed by atoms with Gasteiger partial charge in [-0.05, 0) is 230 Å². The van der Waals surface area contributed by atoms with Crippen LogP contribution in [0, 0.1) is 46.7 Å². The first kappa shape index (κ1) is 99.5. The molecule has 123 heavy (non-hydrogen) atoms. The number of thioether (sulfide) groups is 1. The maximum absolute atomic E-state index is 12.7. The second-order valence-electron chi connectivity index (χ2n) is 29.9.